The van der Waals surface area contributed by atoms with Crippen LogP contribution in [0, 0.1) is 11.3 Å². The van der Waals surface area contributed by atoms with Gasteiger partial charge in [-0.2, -0.15) is 5.26 Å². The summed E-state index contributed by atoms with van der Waals surface area (Å²) in [5.41, 5.74) is 1.10. The fraction of sp³-hybridized carbons (Fsp3) is 0.444. The highest BCUT2D eigenvalue weighted by Crippen LogP contribution is 2.23. The molecule has 0 spiro atoms. The molecule has 0 atom stereocenters. The minimum atomic E-state index is 0.688. The van der Waals surface area contributed by atoms with Crippen molar-refractivity contribution in [3.05, 3.63) is 23.6 Å². The lowest BCUT2D eigenvalue weighted by atomic mass is 10.2. The second kappa shape index (κ2) is 3.82. The molecule has 0 aromatic heterocycles. The number of nitriles is 1. The second-order valence-corrected chi connectivity index (χ2v) is 2.85. The average molecular weight is 164 g/mol. The van der Waals surface area contributed by atoms with Gasteiger partial charge in [0.2, 0.25) is 0 Å². The van der Waals surface area contributed by atoms with Crippen LogP contribution in [0.15, 0.2) is 23.6 Å². The number of allylic oxidation sites excluding steroid dienone is 2. The molecule has 1 fully saturated rings. The predicted octanol–water partition coefficient (Wildman–Crippen LogP) is 1.26. The van der Waals surface area contributed by atoms with E-state index >= 15 is 0 Å². The fourth-order valence-corrected chi connectivity index (χ4v) is 1.12. The van der Waals surface area contributed by atoms with E-state index in [1.165, 1.54) is 6.08 Å². The molecule has 0 aromatic carbocycles. The topological polar surface area (TPSA) is 36.3 Å². The number of rotatable bonds is 1. The molecular formula is C9H12N2O. The van der Waals surface area contributed by atoms with Crippen molar-refractivity contribution in [2.45, 2.75) is 6.42 Å². The Morgan fingerprint density at radius 2 is 2.33 bits per heavy atom. The first-order valence-corrected chi connectivity index (χ1v) is 3.84. The largest absolute Gasteiger partial charge is 0.492 e. The summed E-state index contributed by atoms with van der Waals surface area (Å²) < 4.78 is 5.25. The zero-order valence-corrected chi connectivity index (χ0v) is 7.37. The summed E-state index contributed by atoms with van der Waals surface area (Å²) in [4.78, 5) is 1.95. The molecular weight excluding hydrogens is 152 g/mol. The summed E-state index contributed by atoms with van der Waals surface area (Å²) in [6.07, 6.45) is 4.32. The Balaban J connectivity index is 2.79. The highest BCUT2D eigenvalue weighted by molar-refractivity contribution is 5.32. The molecule has 1 aliphatic heterocycles. The van der Waals surface area contributed by atoms with E-state index in [2.05, 4.69) is 0 Å². The Morgan fingerprint density at radius 1 is 1.58 bits per heavy atom. The van der Waals surface area contributed by atoms with E-state index in [1.54, 1.807) is 0 Å². The summed E-state index contributed by atoms with van der Waals surface area (Å²) in [5.74, 6) is 0.714. The molecule has 1 saturated heterocycles. The minimum absolute atomic E-state index is 0.688. The maximum atomic E-state index is 8.43. The van der Waals surface area contributed by atoms with Gasteiger partial charge < -0.3 is 9.64 Å². The zero-order valence-electron chi connectivity index (χ0n) is 7.37. The number of hydrogen-bond acceptors (Lipinski definition) is 3. The minimum Gasteiger partial charge on any atom is -0.492 e. The van der Waals surface area contributed by atoms with Crippen LogP contribution in [0.25, 0.3) is 0 Å². The van der Waals surface area contributed by atoms with Crippen molar-refractivity contribution in [3.8, 4) is 6.07 Å². The Kier molecular flexibility index (Phi) is 2.76. The van der Waals surface area contributed by atoms with E-state index in [-0.39, 0.29) is 0 Å². The highest BCUT2D eigenvalue weighted by Gasteiger charge is 2.14. The van der Waals surface area contributed by atoms with Crippen LogP contribution in [0.2, 0.25) is 0 Å². The zero-order chi connectivity index (χ0) is 8.97. The van der Waals surface area contributed by atoms with Crippen LogP contribution in [-0.4, -0.2) is 25.6 Å². The summed E-state index contributed by atoms with van der Waals surface area (Å²) in [6, 6.07) is 1.97. The van der Waals surface area contributed by atoms with Gasteiger partial charge in [-0.05, 0) is 0 Å². The van der Waals surface area contributed by atoms with Gasteiger partial charge in [-0.25, -0.2) is 0 Å². The molecule has 1 aliphatic rings. The van der Waals surface area contributed by atoms with Crippen molar-refractivity contribution in [2.24, 2.45) is 0 Å². The maximum absolute atomic E-state index is 8.43. The fourth-order valence-electron chi connectivity index (χ4n) is 1.12. The quantitative estimate of drug-likeness (QED) is 0.547. The molecule has 0 amide bonds. The number of hydrogen-bond donors (Lipinski definition) is 0. The molecule has 0 aliphatic carbocycles. The maximum Gasteiger partial charge on any atom is 0.134 e. The molecule has 64 valence electrons. The summed E-state index contributed by atoms with van der Waals surface area (Å²) in [7, 11) is 3.91. The third kappa shape index (κ3) is 2.03. The lowest BCUT2D eigenvalue weighted by molar-refractivity contribution is 0.266. The Hall–Kier alpha value is -1.43. The van der Waals surface area contributed by atoms with Crippen molar-refractivity contribution in [1.82, 2.24) is 4.90 Å². The molecule has 12 heavy (non-hydrogen) atoms. The first-order chi connectivity index (χ1) is 5.74. The summed E-state index contributed by atoms with van der Waals surface area (Å²) in [5, 5.41) is 8.43. The average Bonchev–Trinajstić information content (AvgIpc) is 2.37. The van der Waals surface area contributed by atoms with E-state index < -0.39 is 0 Å². The first kappa shape index (κ1) is 8.66. The van der Waals surface area contributed by atoms with Crippen molar-refractivity contribution in [2.75, 3.05) is 20.7 Å². The van der Waals surface area contributed by atoms with Gasteiger partial charge in [0.15, 0.2) is 0 Å². The van der Waals surface area contributed by atoms with Crippen molar-refractivity contribution in [3.63, 3.8) is 0 Å². The standard InChI is InChI=1S/C9H12N2O/c1-11(2)7-8-4-6-12-9(8)3-5-10/h3,7H,4,6H2,1-2H3/b8-7+,9-3-. The van der Waals surface area contributed by atoms with Crippen LogP contribution < -0.4 is 0 Å². The molecule has 0 N–H and O–H groups in total. The van der Waals surface area contributed by atoms with E-state index in [0.717, 1.165) is 12.0 Å². The summed E-state index contributed by atoms with van der Waals surface area (Å²) >= 11 is 0. The van der Waals surface area contributed by atoms with Gasteiger partial charge in [0, 0.05) is 32.3 Å². The Morgan fingerprint density at radius 3 is 2.92 bits per heavy atom. The van der Waals surface area contributed by atoms with Gasteiger partial charge in [-0.15, -0.1) is 0 Å². The van der Waals surface area contributed by atoms with Gasteiger partial charge in [-0.1, -0.05) is 0 Å². The lowest BCUT2D eigenvalue weighted by Crippen LogP contribution is -2.02. The molecule has 0 bridgehead atoms. The van der Waals surface area contributed by atoms with Crippen LogP contribution in [0.3, 0.4) is 0 Å². The van der Waals surface area contributed by atoms with Crippen molar-refractivity contribution < 1.29 is 4.74 Å². The molecule has 0 aromatic rings. The highest BCUT2D eigenvalue weighted by atomic mass is 16.5. The van der Waals surface area contributed by atoms with Gasteiger partial charge in [-0.3, -0.25) is 0 Å². The molecule has 1 rings (SSSR count). The van der Waals surface area contributed by atoms with Crippen LogP contribution in [0.5, 0.6) is 0 Å². The van der Waals surface area contributed by atoms with Crippen LogP contribution in [0.4, 0.5) is 0 Å². The van der Waals surface area contributed by atoms with E-state index in [1.807, 2.05) is 31.3 Å². The predicted molar refractivity (Wildman–Crippen MR) is 46.0 cm³/mol. The van der Waals surface area contributed by atoms with Gasteiger partial charge in [0.1, 0.15) is 5.76 Å². The van der Waals surface area contributed by atoms with E-state index in [0.29, 0.717) is 12.4 Å². The van der Waals surface area contributed by atoms with Gasteiger partial charge >= 0.3 is 0 Å². The molecule has 1 heterocycles. The Labute approximate surface area is 72.5 Å². The van der Waals surface area contributed by atoms with Crippen LogP contribution >= 0.6 is 0 Å². The third-order valence-electron chi connectivity index (χ3n) is 1.56. The van der Waals surface area contributed by atoms with Crippen LogP contribution in [-0.2, 0) is 4.74 Å². The molecule has 3 nitrogen and oxygen atoms in total. The Bertz CT molecular complexity index is 258. The van der Waals surface area contributed by atoms with Gasteiger partial charge in [0.05, 0.1) is 18.8 Å². The lowest BCUT2D eigenvalue weighted by Gasteiger charge is -2.06. The summed E-state index contributed by atoms with van der Waals surface area (Å²) in [6.45, 7) is 0.688. The monoisotopic (exact) mass is 164 g/mol. The SMILES string of the molecule is CN(C)/C=C1\CCO\C1=C/C#N. The molecule has 0 radical (unpaired) electrons. The van der Waals surface area contributed by atoms with Crippen molar-refractivity contribution in [1.29, 1.82) is 5.26 Å². The number of nitrogens with zero attached hydrogens (tertiary/aromatic N) is 2. The van der Waals surface area contributed by atoms with Gasteiger partial charge in [0.25, 0.3) is 0 Å². The third-order valence-corrected chi connectivity index (χ3v) is 1.56. The smallest absolute Gasteiger partial charge is 0.134 e. The normalized spacial score (nSPS) is 22.4. The van der Waals surface area contributed by atoms with E-state index in [9.17, 15) is 0 Å². The van der Waals surface area contributed by atoms with E-state index in [4.69, 9.17) is 10.00 Å². The first-order valence-electron chi connectivity index (χ1n) is 3.84. The molecule has 0 unspecified atom stereocenters. The molecule has 0 saturated carbocycles. The molecule has 3 heteroatoms. The van der Waals surface area contributed by atoms with Crippen molar-refractivity contribution >= 4 is 0 Å². The van der Waals surface area contributed by atoms with Crippen LogP contribution in [0.1, 0.15) is 6.42 Å². The number of ether oxygens (including phenoxy) is 1. The second-order valence-electron chi connectivity index (χ2n) is 2.85.